The van der Waals surface area contributed by atoms with Crippen molar-refractivity contribution in [2.24, 2.45) is 35.5 Å². The van der Waals surface area contributed by atoms with E-state index in [4.69, 9.17) is 13.8 Å². The molecule has 0 saturated heterocycles. The number of ether oxygens (including phenoxy) is 1. The van der Waals surface area contributed by atoms with Gasteiger partial charge in [-0.15, -0.1) is 0 Å². The maximum Gasteiger partial charge on any atom is 0.376 e. The summed E-state index contributed by atoms with van der Waals surface area (Å²) < 4.78 is 36.2. The summed E-state index contributed by atoms with van der Waals surface area (Å²) in [6.07, 6.45) is 5.43. The van der Waals surface area contributed by atoms with Gasteiger partial charge in [0.15, 0.2) is 0 Å². The molecule has 2 aromatic rings. The van der Waals surface area contributed by atoms with E-state index in [-0.39, 0.29) is 24.0 Å². The van der Waals surface area contributed by atoms with E-state index < -0.39 is 19.4 Å². The molecule has 2 aliphatic rings. The smallest absolute Gasteiger partial charge is 0.376 e. The van der Waals surface area contributed by atoms with Crippen molar-refractivity contribution in [1.29, 1.82) is 0 Å². The van der Waals surface area contributed by atoms with Crippen molar-refractivity contribution in [2.45, 2.75) is 98.1 Å². The van der Waals surface area contributed by atoms with Crippen LogP contribution in [0.15, 0.2) is 59.1 Å². The number of carbonyl (C=O) groups excluding carboxylic acids is 1. The highest BCUT2D eigenvalue weighted by Gasteiger charge is 2.49. The molecule has 0 bridgehead atoms. The molecule has 4 rings (SSSR count). The molecular formula is C34H48BrO5P. The molecule has 0 aromatic heterocycles. The van der Waals surface area contributed by atoms with E-state index in [1.165, 1.54) is 0 Å². The molecule has 2 fully saturated rings. The summed E-state index contributed by atoms with van der Waals surface area (Å²) in [6, 6.07) is 16.3. The summed E-state index contributed by atoms with van der Waals surface area (Å²) in [6.45, 7) is 13.3. The molecule has 2 saturated carbocycles. The highest BCUT2D eigenvalue weighted by Crippen LogP contribution is 2.66. The number of hydrogen-bond donors (Lipinski definition) is 0. The fraction of sp³-hybridized carbons (Fsp3) is 0.618. The van der Waals surface area contributed by atoms with Crippen molar-refractivity contribution in [1.82, 2.24) is 0 Å². The molecule has 0 amide bonds. The van der Waals surface area contributed by atoms with Crippen molar-refractivity contribution < 1.29 is 23.1 Å². The van der Waals surface area contributed by atoms with Crippen molar-refractivity contribution in [3.05, 3.63) is 70.2 Å². The second kappa shape index (κ2) is 14.3. The Kier molecular flexibility index (Phi) is 11.4. The lowest BCUT2D eigenvalue weighted by molar-refractivity contribution is -0.0207. The van der Waals surface area contributed by atoms with Crippen LogP contribution < -0.4 is 0 Å². The predicted molar refractivity (Wildman–Crippen MR) is 169 cm³/mol. The normalized spacial score (nSPS) is 29.2. The van der Waals surface area contributed by atoms with Crippen LogP contribution in [0, 0.1) is 35.5 Å². The van der Waals surface area contributed by atoms with E-state index in [0.29, 0.717) is 34.8 Å². The number of esters is 1. The molecule has 7 atom stereocenters. The Morgan fingerprint density at radius 2 is 1.27 bits per heavy atom. The second-order valence-electron chi connectivity index (χ2n) is 13.2. The molecule has 226 valence electrons. The molecule has 2 aliphatic carbocycles. The molecule has 41 heavy (non-hydrogen) atoms. The first kappa shape index (κ1) is 32.5. The first-order valence-corrected chi connectivity index (χ1v) is 17.8. The molecule has 0 heterocycles. The van der Waals surface area contributed by atoms with Crippen LogP contribution in [0.2, 0.25) is 0 Å². The highest BCUT2D eigenvalue weighted by molar-refractivity contribution is 9.10. The Labute approximate surface area is 255 Å². The fourth-order valence-corrected chi connectivity index (χ4v) is 9.21. The van der Waals surface area contributed by atoms with E-state index in [1.54, 1.807) is 24.3 Å². The van der Waals surface area contributed by atoms with Gasteiger partial charge in [0.05, 0.1) is 17.8 Å². The maximum atomic E-state index is 15.5. The lowest BCUT2D eigenvalue weighted by Crippen LogP contribution is -2.37. The van der Waals surface area contributed by atoms with Gasteiger partial charge in [0.25, 0.3) is 0 Å². The third-order valence-electron chi connectivity index (χ3n) is 9.16. The number of benzene rings is 2. The Balaban J connectivity index is 1.79. The van der Waals surface area contributed by atoms with Gasteiger partial charge in [0, 0.05) is 10.0 Å². The minimum atomic E-state index is -4.04. The first-order valence-electron chi connectivity index (χ1n) is 15.4. The Hall–Kier alpha value is -1.46. The molecule has 0 radical (unpaired) electrons. The quantitative estimate of drug-likeness (QED) is 0.190. The van der Waals surface area contributed by atoms with Crippen LogP contribution in [0.25, 0.3) is 0 Å². The lowest BCUT2D eigenvalue weighted by Gasteiger charge is -2.43. The monoisotopic (exact) mass is 646 g/mol. The van der Waals surface area contributed by atoms with Crippen LogP contribution in [0.4, 0.5) is 0 Å². The summed E-state index contributed by atoms with van der Waals surface area (Å²) in [5, 5.41) is 0. The second-order valence-corrected chi connectivity index (χ2v) is 16.0. The van der Waals surface area contributed by atoms with Gasteiger partial charge in [-0.3, -0.25) is 4.57 Å². The number of rotatable bonds is 10. The number of halogens is 1. The molecule has 0 spiro atoms. The van der Waals surface area contributed by atoms with Gasteiger partial charge in [0.2, 0.25) is 5.85 Å². The van der Waals surface area contributed by atoms with E-state index in [9.17, 15) is 4.79 Å². The van der Waals surface area contributed by atoms with Crippen LogP contribution >= 0.6 is 23.5 Å². The van der Waals surface area contributed by atoms with Gasteiger partial charge in [-0.2, -0.15) is 0 Å². The Morgan fingerprint density at radius 1 is 0.780 bits per heavy atom. The van der Waals surface area contributed by atoms with Crippen LogP contribution in [-0.2, 0) is 18.3 Å². The predicted octanol–water partition coefficient (Wildman–Crippen LogP) is 10.5. The largest absolute Gasteiger partial charge is 0.441 e. The summed E-state index contributed by atoms with van der Waals surface area (Å²) in [7, 11) is -4.04. The average molecular weight is 648 g/mol. The zero-order valence-electron chi connectivity index (χ0n) is 25.5. The van der Waals surface area contributed by atoms with E-state index in [2.05, 4.69) is 57.5 Å². The SMILES string of the molecule is CC1CCC(C(C)C)C(OP(=O)(OC2CC(C)CCC2C(C)C)C(OC(=O)c2ccccc2)c2ccc(Br)cc2)C1. The molecule has 0 aliphatic heterocycles. The molecule has 7 unspecified atom stereocenters. The fourth-order valence-electron chi connectivity index (χ4n) is 6.67. The standard InChI is InChI=1S/C34H48BrO5P/c1-22(2)29-18-12-24(5)20-31(29)39-41(37,40-32-21-25(6)13-19-30(32)23(3)4)34(27-14-16-28(35)17-15-27)38-33(36)26-10-8-7-9-11-26/h7-11,14-17,22-25,29-32,34H,12-13,18-21H2,1-6H3. The van der Waals surface area contributed by atoms with E-state index >= 15 is 4.57 Å². The minimum absolute atomic E-state index is 0.239. The van der Waals surface area contributed by atoms with Crippen molar-refractivity contribution >= 4 is 29.5 Å². The van der Waals surface area contributed by atoms with Gasteiger partial charge in [-0.05, 0) is 85.5 Å². The number of hydrogen-bond acceptors (Lipinski definition) is 5. The molecule has 2 aromatic carbocycles. The van der Waals surface area contributed by atoms with Gasteiger partial charge in [-0.1, -0.05) is 101 Å². The van der Waals surface area contributed by atoms with Crippen molar-refractivity contribution in [2.75, 3.05) is 0 Å². The molecule has 7 heteroatoms. The average Bonchev–Trinajstić information content (AvgIpc) is 2.92. The zero-order chi connectivity index (χ0) is 29.7. The molecule has 5 nitrogen and oxygen atoms in total. The Morgan fingerprint density at radius 3 is 1.73 bits per heavy atom. The summed E-state index contributed by atoms with van der Waals surface area (Å²) in [4.78, 5) is 13.5. The van der Waals surface area contributed by atoms with Gasteiger partial charge >= 0.3 is 13.6 Å². The van der Waals surface area contributed by atoms with E-state index in [1.807, 2.05) is 30.3 Å². The summed E-state index contributed by atoms with van der Waals surface area (Å²) in [5.74, 6) is 0.446. The van der Waals surface area contributed by atoms with Gasteiger partial charge < -0.3 is 13.8 Å². The lowest BCUT2D eigenvalue weighted by atomic mass is 9.75. The van der Waals surface area contributed by atoms with Crippen molar-refractivity contribution in [3.8, 4) is 0 Å². The van der Waals surface area contributed by atoms with Crippen molar-refractivity contribution in [3.63, 3.8) is 0 Å². The topological polar surface area (TPSA) is 61.8 Å². The molecule has 0 N–H and O–H groups in total. The van der Waals surface area contributed by atoms with E-state index in [0.717, 1.165) is 43.0 Å². The van der Waals surface area contributed by atoms with Gasteiger partial charge in [-0.25, -0.2) is 4.79 Å². The van der Waals surface area contributed by atoms with Crippen LogP contribution in [-0.4, -0.2) is 18.2 Å². The molecular weight excluding hydrogens is 599 g/mol. The van der Waals surface area contributed by atoms with Crippen LogP contribution in [0.3, 0.4) is 0 Å². The number of carbonyl (C=O) groups is 1. The third kappa shape index (κ3) is 8.34. The summed E-state index contributed by atoms with van der Waals surface area (Å²) in [5.41, 5.74) is 1.01. The van der Waals surface area contributed by atoms with Crippen LogP contribution in [0.1, 0.15) is 102 Å². The Bertz CT molecular complexity index is 1130. The maximum absolute atomic E-state index is 15.5. The first-order chi connectivity index (χ1) is 19.5. The minimum Gasteiger partial charge on any atom is -0.441 e. The van der Waals surface area contributed by atoms with Gasteiger partial charge in [0.1, 0.15) is 0 Å². The van der Waals surface area contributed by atoms with Crippen LogP contribution in [0.5, 0.6) is 0 Å². The highest BCUT2D eigenvalue weighted by atomic mass is 79.9. The summed E-state index contributed by atoms with van der Waals surface area (Å²) >= 11 is 3.51. The zero-order valence-corrected chi connectivity index (χ0v) is 28.0. The third-order valence-corrected chi connectivity index (χ3v) is 11.8.